The number of hydrogen-bond acceptors (Lipinski definition) is 4. The van der Waals surface area contributed by atoms with Crippen LogP contribution in [0.25, 0.3) is 0 Å². The number of aliphatic hydroxyl groups excluding tert-OH is 1. The Bertz CT molecular complexity index is 327. The third-order valence-electron chi connectivity index (χ3n) is 2.60. The summed E-state index contributed by atoms with van der Waals surface area (Å²) in [5, 5.41) is 16.2. The van der Waals surface area contributed by atoms with E-state index in [0.29, 0.717) is 6.42 Å². The summed E-state index contributed by atoms with van der Waals surface area (Å²) in [5.41, 5.74) is 6.55. The van der Waals surface area contributed by atoms with Crippen LogP contribution in [0.4, 0.5) is 0 Å². The minimum Gasteiger partial charge on any atom is -0.387 e. The number of aliphatic hydroxyl groups is 1. The monoisotopic (exact) mass is 256 g/mol. The molecule has 0 spiro atoms. The number of nitrogens with one attached hydrogen (secondary N) is 1. The number of unbranched alkanes of at least 4 members (excludes halogenated alkanes) is 1. The highest BCUT2D eigenvalue weighted by Crippen LogP contribution is 2.15. The third-order valence-corrected chi connectivity index (χ3v) is 3.30. The summed E-state index contributed by atoms with van der Waals surface area (Å²) in [7, 11) is 0. The third kappa shape index (κ3) is 4.85. The molecule has 4 nitrogen and oxygen atoms in total. The summed E-state index contributed by atoms with van der Waals surface area (Å²) in [6.07, 6.45) is 2.01. The minimum atomic E-state index is -0.649. The summed E-state index contributed by atoms with van der Waals surface area (Å²) in [6.45, 7) is 2.28. The zero-order valence-electron chi connectivity index (χ0n) is 10.1. The fourth-order valence-corrected chi connectivity index (χ4v) is 2.17. The average molecular weight is 256 g/mol. The Hall–Kier alpha value is -0.910. The van der Waals surface area contributed by atoms with Gasteiger partial charge in [-0.1, -0.05) is 19.8 Å². The molecule has 5 heteroatoms. The van der Waals surface area contributed by atoms with Crippen LogP contribution >= 0.6 is 11.3 Å². The van der Waals surface area contributed by atoms with Gasteiger partial charge in [-0.3, -0.25) is 4.79 Å². The van der Waals surface area contributed by atoms with Crippen LogP contribution in [0.15, 0.2) is 16.8 Å². The van der Waals surface area contributed by atoms with E-state index in [1.165, 1.54) is 11.3 Å². The molecule has 1 heterocycles. The molecule has 2 unspecified atom stereocenters. The van der Waals surface area contributed by atoms with Crippen molar-refractivity contribution >= 4 is 17.2 Å². The summed E-state index contributed by atoms with van der Waals surface area (Å²) in [6, 6.07) is 1.38. The first kappa shape index (κ1) is 14.2. The lowest BCUT2D eigenvalue weighted by atomic mass is 10.1. The van der Waals surface area contributed by atoms with Gasteiger partial charge < -0.3 is 16.2 Å². The number of hydrogen-bond donors (Lipinski definition) is 3. The Morgan fingerprint density at radius 2 is 2.41 bits per heavy atom. The minimum absolute atomic E-state index is 0.187. The van der Waals surface area contributed by atoms with Gasteiger partial charge >= 0.3 is 0 Å². The molecule has 0 aromatic carbocycles. The van der Waals surface area contributed by atoms with Gasteiger partial charge in [0, 0.05) is 6.54 Å². The molecule has 0 saturated carbocycles. The van der Waals surface area contributed by atoms with Gasteiger partial charge in [0.1, 0.15) is 0 Å². The Labute approximate surface area is 106 Å². The summed E-state index contributed by atoms with van der Waals surface area (Å²) >= 11 is 1.52. The molecule has 2 atom stereocenters. The Kier molecular flexibility index (Phi) is 6.18. The highest BCUT2D eigenvalue weighted by atomic mass is 32.1. The molecule has 96 valence electrons. The Balaban J connectivity index is 2.28. The van der Waals surface area contributed by atoms with Crippen molar-refractivity contribution in [2.75, 3.05) is 6.54 Å². The first-order chi connectivity index (χ1) is 8.15. The van der Waals surface area contributed by atoms with Crippen molar-refractivity contribution in [3.63, 3.8) is 0 Å². The topological polar surface area (TPSA) is 75.4 Å². The van der Waals surface area contributed by atoms with E-state index in [1.807, 2.05) is 16.8 Å². The fourth-order valence-electron chi connectivity index (χ4n) is 1.47. The van der Waals surface area contributed by atoms with Crippen molar-refractivity contribution in [2.24, 2.45) is 5.73 Å². The highest BCUT2D eigenvalue weighted by Gasteiger charge is 2.14. The van der Waals surface area contributed by atoms with Crippen LogP contribution in [0.5, 0.6) is 0 Å². The lowest BCUT2D eigenvalue weighted by molar-refractivity contribution is -0.123. The zero-order valence-corrected chi connectivity index (χ0v) is 10.9. The predicted octanol–water partition coefficient (Wildman–Crippen LogP) is 1.42. The second-order valence-corrected chi connectivity index (χ2v) is 4.85. The molecular weight excluding hydrogens is 236 g/mol. The number of amides is 1. The molecule has 0 bridgehead atoms. The number of carbonyl (C=O) groups excluding carboxylic acids is 1. The lowest BCUT2D eigenvalue weighted by Crippen LogP contribution is -2.42. The molecule has 0 aliphatic heterocycles. The van der Waals surface area contributed by atoms with Crippen molar-refractivity contribution in [2.45, 2.75) is 38.3 Å². The van der Waals surface area contributed by atoms with Crippen LogP contribution in [0.3, 0.4) is 0 Å². The van der Waals surface area contributed by atoms with Crippen LogP contribution in [0.1, 0.15) is 37.9 Å². The summed E-state index contributed by atoms with van der Waals surface area (Å²) in [4.78, 5) is 11.6. The molecular formula is C12H20N2O2S. The molecule has 0 fully saturated rings. The molecule has 0 aliphatic carbocycles. The zero-order chi connectivity index (χ0) is 12.7. The highest BCUT2D eigenvalue weighted by molar-refractivity contribution is 7.07. The predicted molar refractivity (Wildman–Crippen MR) is 69.8 cm³/mol. The van der Waals surface area contributed by atoms with Gasteiger partial charge in [-0.05, 0) is 28.8 Å². The van der Waals surface area contributed by atoms with Gasteiger partial charge in [-0.2, -0.15) is 11.3 Å². The van der Waals surface area contributed by atoms with Gasteiger partial charge in [0.2, 0.25) is 5.91 Å². The number of rotatable bonds is 7. The lowest BCUT2D eigenvalue weighted by Gasteiger charge is -2.14. The summed E-state index contributed by atoms with van der Waals surface area (Å²) < 4.78 is 0. The maximum Gasteiger partial charge on any atom is 0.237 e. The van der Waals surface area contributed by atoms with E-state index < -0.39 is 12.1 Å². The second kappa shape index (κ2) is 7.42. The SMILES string of the molecule is CCCCC(N)C(=O)NCC(O)c1ccsc1. The molecule has 1 rings (SSSR count). The van der Waals surface area contributed by atoms with E-state index in [-0.39, 0.29) is 12.5 Å². The largest absolute Gasteiger partial charge is 0.387 e. The van der Waals surface area contributed by atoms with Crippen LogP contribution in [0, 0.1) is 0 Å². The maximum atomic E-state index is 11.6. The second-order valence-electron chi connectivity index (χ2n) is 4.07. The van der Waals surface area contributed by atoms with Crippen molar-refractivity contribution < 1.29 is 9.90 Å². The van der Waals surface area contributed by atoms with E-state index in [9.17, 15) is 9.90 Å². The van der Waals surface area contributed by atoms with Gasteiger partial charge in [-0.15, -0.1) is 0 Å². The normalized spacial score (nSPS) is 14.3. The van der Waals surface area contributed by atoms with Crippen molar-refractivity contribution in [3.05, 3.63) is 22.4 Å². The van der Waals surface area contributed by atoms with Crippen LogP contribution < -0.4 is 11.1 Å². The summed E-state index contributed by atoms with van der Waals surface area (Å²) in [5.74, 6) is -0.187. The molecule has 0 saturated heterocycles. The fraction of sp³-hybridized carbons (Fsp3) is 0.583. The molecule has 1 aromatic heterocycles. The Morgan fingerprint density at radius 3 is 3.00 bits per heavy atom. The molecule has 0 radical (unpaired) electrons. The Morgan fingerprint density at radius 1 is 1.65 bits per heavy atom. The van der Waals surface area contributed by atoms with Gasteiger partial charge in [-0.25, -0.2) is 0 Å². The standard InChI is InChI=1S/C12H20N2O2S/c1-2-3-4-10(13)12(16)14-7-11(15)9-5-6-17-8-9/h5-6,8,10-11,15H,2-4,7,13H2,1H3,(H,14,16). The van der Waals surface area contributed by atoms with E-state index in [4.69, 9.17) is 5.73 Å². The van der Waals surface area contributed by atoms with Crippen LogP contribution in [-0.4, -0.2) is 23.6 Å². The quantitative estimate of drug-likeness (QED) is 0.690. The smallest absolute Gasteiger partial charge is 0.237 e. The number of nitrogens with two attached hydrogens (primary N) is 1. The van der Waals surface area contributed by atoms with Crippen molar-refractivity contribution in [1.29, 1.82) is 0 Å². The van der Waals surface area contributed by atoms with Gasteiger partial charge in [0.05, 0.1) is 12.1 Å². The average Bonchev–Trinajstić information content (AvgIpc) is 2.86. The molecule has 0 aliphatic rings. The number of carbonyl (C=O) groups is 1. The van der Waals surface area contributed by atoms with Gasteiger partial charge in [0.15, 0.2) is 0 Å². The molecule has 4 N–H and O–H groups in total. The molecule has 17 heavy (non-hydrogen) atoms. The molecule has 1 aromatic rings. The van der Waals surface area contributed by atoms with Gasteiger partial charge in [0.25, 0.3) is 0 Å². The van der Waals surface area contributed by atoms with E-state index in [1.54, 1.807) is 0 Å². The first-order valence-corrected chi connectivity index (χ1v) is 6.83. The van der Waals surface area contributed by atoms with Crippen molar-refractivity contribution in [3.8, 4) is 0 Å². The van der Waals surface area contributed by atoms with E-state index in [2.05, 4.69) is 12.2 Å². The first-order valence-electron chi connectivity index (χ1n) is 5.88. The number of thiophene rings is 1. The van der Waals surface area contributed by atoms with E-state index in [0.717, 1.165) is 18.4 Å². The van der Waals surface area contributed by atoms with E-state index >= 15 is 0 Å². The van der Waals surface area contributed by atoms with Crippen molar-refractivity contribution in [1.82, 2.24) is 5.32 Å². The maximum absolute atomic E-state index is 11.6. The van der Waals surface area contributed by atoms with Crippen LogP contribution in [0.2, 0.25) is 0 Å². The van der Waals surface area contributed by atoms with Crippen LogP contribution in [-0.2, 0) is 4.79 Å². The molecule has 1 amide bonds.